The largest absolute Gasteiger partial charge is 0.465 e. The molecule has 0 spiro atoms. The van der Waals surface area contributed by atoms with Crippen molar-refractivity contribution in [2.24, 2.45) is 5.92 Å². The summed E-state index contributed by atoms with van der Waals surface area (Å²) in [5.74, 6) is -0.115. The summed E-state index contributed by atoms with van der Waals surface area (Å²) in [6.45, 7) is 1.91. The lowest BCUT2D eigenvalue weighted by atomic mass is 9.86. The minimum Gasteiger partial charge on any atom is -0.465 e. The number of hydrogen-bond acceptors (Lipinski definition) is 3. The Bertz CT molecular complexity index is 478. The molecule has 3 nitrogen and oxygen atoms in total. The maximum Gasteiger partial charge on any atom is 0.166 e. The van der Waals surface area contributed by atoms with Crippen LogP contribution in [-0.2, 0) is 9.59 Å². The van der Waals surface area contributed by atoms with Gasteiger partial charge in [0.2, 0.25) is 0 Å². The van der Waals surface area contributed by atoms with Crippen LogP contribution in [0.2, 0.25) is 0 Å². The average Bonchev–Trinajstić information content (AvgIpc) is 2.78. The van der Waals surface area contributed by atoms with Gasteiger partial charge in [0.1, 0.15) is 5.76 Å². The zero-order valence-corrected chi connectivity index (χ0v) is 9.68. The molecule has 17 heavy (non-hydrogen) atoms. The van der Waals surface area contributed by atoms with Crippen LogP contribution in [0.15, 0.2) is 40.5 Å². The molecule has 1 aliphatic carbocycles. The summed E-state index contributed by atoms with van der Waals surface area (Å²) < 4.78 is 5.08. The summed E-state index contributed by atoms with van der Waals surface area (Å²) >= 11 is 0. The Morgan fingerprint density at radius 2 is 2.35 bits per heavy atom. The minimum absolute atomic E-state index is 0.0807. The van der Waals surface area contributed by atoms with Crippen molar-refractivity contribution in [3.05, 3.63) is 41.9 Å². The fraction of sp³-hybridized carbons (Fsp3) is 0.286. The minimum atomic E-state index is -0.509. The first kappa shape index (κ1) is 11.6. The molecular formula is C14H14O3. The maximum atomic E-state index is 11.8. The van der Waals surface area contributed by atoms with E-state index < -0.39 is 5.92 Å². The number of allylic oxidation sites excluding steroid dienone is 3. The van der Waals surface area contributed by atoms with Crippen LogP contribution in [0, 0.1) is 5.92 Å². The molecule has 0 amide bonds. The van der Waals surface area contributed by atoms with Crippen LogP contribution in [0.1, 0.15) is 25.5 Å². The van der Waals surface area contributed by atoms with E-state index in [1.807, 2.05) is 6.92 Å². The summed E-state index contributed by atoms with van der Waals surface area (Å²) in [5.41, 5.74) is 1.05. The molecule has 0 aliphatic heterocycles. The van der Waals surface area contributed by atoms with Gasteiger partial charge in [0.25, 0.3) is 0 Å². The van der Waals surface area contributed by atoms with E-state index >= 15 is 0 Å². The topological polar surface area (TPSA) is 47.3 Å². The molecule has 0 aromatic carbocycles. The summed E-state index contributed by atoms with van der Waals surface area (Å²) in [6.07, 6.45) is 7.57. The Labute approximate surface area is 99.8 Å². The lowest BCUT2D eigenvalue weighted by molar-refractivity contribution is -0.128. The molecule has 0 saturated heterocycles. The average molecular weight is 230 g/mol. The van der Waals surface area contributed by atoms with Crippen molar-refractivity contribution in [1.29, 1.82) is 0 Å². The van der Waals surface area contributed by atoms with E-state index in [9.17, 15) is 9.59 Å². The molecular weight excluding hydrogens is 216 g/mol. The SMILES string of the molecule is CC1=CC(=O)C(C(=O)/C=C/c2ccco2)CC1. The van der Waals surface area contributed by atoms with Gasteiger partial charge in [-0.25, -0.2) is 0 Å². The molecule has 1 heterocycles. The smallest absolute Gasteiger partial charge is 0.166 e. The van der Waals surface area contributed by atoms with Crippen LogP contribution in [0.4, 0.5) is 0 Å². The van der Waals surface area contributed by atoms with Crippen LogP contribution in [0.25, 0.3) is 6.08 Å². The molecule has 1 atom stereocenters. The van der Waals surface area contributed by atoms with Crippen molar-refractivity contribution in [1.82, 2.24) is 0 Å². The highest BCUT2D eigenvalue weighted by Gasteiger charge is 2.25. The van der Waals surface area contributed by atoms with Crippen LogP contribution in [0.3, 0.4) is 0 Å². The van der Waals surface area contributed by atoms with E-state index in [0.29, 0.717) is 12.2 Å². The molecule has 1 unspecified atom stereocenters. The van der Waals surface area contributed by atoms with Gasteiger partial charge in [-0.3, -0.25) is 9.59 Å². The lowest BCUT2D eigenvalue weighted by Crippen LogP contribution is -2.24. The van der Waals surface area contributed by atoms with E-state index in [4.69, 9.17) is 4.42 Å². The quantitative estimate of drug-likeness (QED) is 0.592. The molecule has 0 fully saturated rings. The van der Waals surface area contributed by atoms with Gasteiger partial charge in [-0.05, 0) is 50.1 Å². The zero-order valence-electron chi connectivity index (χ0n) is 9.68. The molecule has 2 rings (SSSR count). The Kier molecular flexibility index (Phi) is 3.38. The fourth-order valence-corrected chi connectivity index (χ4v) is 1.88. The Balaban J connectivity index is 2.04. The zero-order chi connectivity index (χ0) is 12.3. The first-order valence-corrected chi connectivity index (χ1v) is 5.63. The third-order valence-electron chi connectivity index (χ3n) is 2.86. The van der Waals surface area contributed by atoms with Crippen LogP contribution < -0.4 is 0 Å². The number of ketones is 2. The van der Waals surface area contributed by atoms with Crippen LogP contribution >= 0.6 is 0 Å². The molecule has 3 heteroatoms. The van der Waals surface area contributed by atoms with E-state index in [1.165, 1.54) is 6.08 Å². The predicted molar refractivity (Wildman–Crippen MR) is 64.2 cm³/mol. The monoisotopic (exact) mass is 230 g/mol. The molecule has 0 radical (unpaired) electrons. The summed E-state index contributed by atoms with van der Waals surface area (Å²) in [5, 5.41) is 0. The van der Waals surface area contributed by atoms with Crippen LogP contribution in [-0.4, -0.2) is 11.6 Å². The molecule has 1 aliphatic rings. The first-order valence-electron chi connectivity index (χ1n) is 5.63. The van der Waals surface area contributed by atoms with Crippen molar-refractivity contribution in [3.63, 3.8) is 0 Å². The molecule has 1 aromatic rings. The molecule has 88 valence electrons. The van der Waals surface area contributed by atoms with E-state index in [0.717, 1.165) is 12.0 Å². The van der Waals surface area contributed by atoms with Crippen molar-refractivity contribution in [3.8, 4) is 0 Å². The van der Waals surface area contributed by atoms with E-state index in [2.05, 4.69) is 0 Å². The second kappa shape index (κ2) is 4.95. The standard InChI is InChI=1S/C14H14O3/c1-10-4-6-12(14(16)9-10)13(15)7-5-11-3-2-8-17-11/h2-3,5,7-9,12H,4,6H2,1H3/b7-5+. The number of furan rings is 1. The highest BCUT2D eigenvalue weighted by atomic mass is 16.3. The summed E-state index contributed by atoms with van der Waals surface area (Å²) in [4.78, 5) is 23.5. The maximum absolute atomic E-state index is 11.8. The van der Waals surface area contributed by atoms with Gasteiger partial charge >= 0.3 is 0 Å². The lowest BCUT2D eigenvalue weighted by Gasteiger charge is -2.16. The number of rotatable bonds is 3. The predicted octanol–water partition coefficient (Wildman–Crippen LogP) is 2.79. The van der Waals surface area contributed by atoms with Gasteiger partial charge in [0.05, 0.1) is 12.2 Å². The third-order valence-corrected chi connectivity index (χ3v) is 2.86. The Hall–Kier alpha value is -1.90. The second-order valence-electron chi connectivity index (χ2n) is 4.24. The van der Waals surface area contributed by atoms with Gasteiger partial charge in [0, 0.05) is 0 Å². The number of carbonyl (C=O) groups excluding carboxylic acids is 2. The highest BCUT2D eigenvalue weighted by Crippen LogP contribution is 2.21. The molecule has 0 N–H and O–H groups in total. The first-order chi connectivity index (χ1) is 8.16. The van der Waals surface area contributed by atoms with Gasteiger partial charge in [-0.2, -0.15) is 0 Å². The highest BCUT2D eigenvalue weighted by molar-refractivity contribution is 6.13. The van der Waals surface area contributed by atoms with E-state index in [-0.39, 0.29) is 11.6 Å². The van der Waals surface area contributed by atoms with E-state index in [1.54, 1.807) is 30.5 Å². The van der Waals surface area contributed by atoms with Crippen molar-refractivity contribution in [2.45, 2.75) is 19.8 Å². The van der Waals surface area contributed by atoms with Gasteiger partial charge in [-0.15, -0.1) is 0 Å². The fourth-order valence-electron chi connectivity index (χ4n) is 1.88. The third kappa shape index (κ3) is 2.81. The molecule has 1 aromatic heterocycles. The van der Waals surface area contributed by atoms with Gasteiger partial charge < -0.3 is 4.42 Å². The van der Waals surface area contributed by atoms with Crippen molar-refractivity contribution < 1.29 is 14.0 Å². The molecule has 0 bridgehead atoms. The normalized spacial score (nSPS) is 20.6. The number of carbonyl (C=O) groups is 2. The number of hydrogen-bond donors (Lipinski definition) is 0. The summed E-state index contributed by atoms with van der Waals surface area (Å²) in [7, 11) is 0. The molecule has 0 saturated carbocycles. The van der Waals surface area contributed by atoms with Gasteiger partial charge in [0.15, 0.2) is 11.6 Å². The second-order valence-corrected chi connectivity index (χ2v) is 4.24. The summed E-state index contributed by atoms with van der Waals surface area (Å²) in [6, 6.07) is 3.51. The Morgan fingerprint density at radius 1 is 1.53 bits per heavy atom. The van der Waals surface area contributed by atoms with Crippen molar-refractivity contribution >= 4 is 17.6 Å². The van der Waals surface area contributed by atoms with Gasteiger partial charge in [-0.1, -0.05) is 5.57 Å². The van der Waals surface area contributed by atoms with Crippen molar-refractivity contribution in [2.75, 3.05) is 0 Å². The van der Waals surface area contributed by atoms with Crippen LogP contribution in [0.5, 0.6) is 0 Å². The Morgan fingerprint density at radius 3 is 3.00 bits per heavy atom.